The summed E-state index contributed by atoms with van der Waals surface area (Å²) >= 11 is 5.78. The molecule has 0 heterocycles. The van der Waals surface area contributed by atoms with Crippen molar-refractivity contribution in [2.75, 3.05) is 18.5 Å². The highest BCUT2D eigenvalue weighted by Crippen LogP contribution is 2.19. The highest BCUT2D eigenvalue weighted by Gasteiger charge is 2.03. The maximum Gasteiger partial charge on any atom is 0.319 e. The number of halogens is 1. The Morgan fingerprint density at radius 1 is 1.53 bits per heavy atom. The van der Waals surface area contributed by atoms with E-state index < -0.39 is 0 Å². The third-order valence-electron chi connectivity index (χ3n) is 1.83. The van der Waals surface area contributed by atoms with Crippen molar-refractivity contribution >= 4 is 23.3 Å². The van der Waals surface area contributed by atoms with Crippen molar-refractivity contribution < 1.29 is 9.90 Å². The van der Waals surface area contributed by atoms with E-state index in [0.717, 1.165) is 5.56 Å². The molecule has 5 heteroatoms. The topological polar surface area (TPSA) is 61.4 Å². The van der Waals surface area contributed by atoms with Crippen molar-refractivity contribution in [1.29, 1.82) is 0 Å². The lowest BCUT2D eigenvalue weighted by atomic mass is 10.2. The lowest BCUT2D eigenvalue weighted by molar-refractivity contribution is 0.245. The van der Waals surface area contributed by atoms with E-state index >= 15 is 0 Å². The summed E-state index contributed by atoms with van der Waals surface area (Å²) in [5.74, 6) is 0. The van der Waals surface area contributed by atoms with Crippen LogP contribution in [0.25, 0.3) is 0 Å². The second kappa shape index (κ2) is 5.58. The van der Waals surface area contributed by atoms with Crippen LogP contribution in [0.5, 0.6) is 0 Å². The van der Waals surface area contributed by atoms with Crippen LogP contribution in [0.2, 0.25) is 5.02 Å². The quantitative estimate of drug-likeness (QED) is 0.738. The van der Waals surface area contributed by atoms with Crippen molar-refractivity contribution in [3.05, 3.63) is 28.8 Å². The number of anilines is 1. The molecule has 3 N–H and O–H groups in total. The molecule has 0 fully saturated rings. The third kappa shape index (κ3) is 3.77. The van der Waals surface area contributed by atoms with E-state index in [9.17, 15) is 4.79 Å². The average molecular weight is 229 g/mol. The SMILES string of the molecule is Cc1cc(Cl)ccc1NC(=O)NCCO. The second-order valence-corrected chi connectivity index (χ2v) is 3.50. The molecule has 0 atom stereocenters. The zero-order valence-corrected chi connectivity index (χ0v) is 9.14. The van der Waals surface area contributed by atoms with Crippen molar-refractivity contribution in [3.8, 4) is 0 Å². The van der Waals surface area contributed by atoms with Crippen LogP contribution in [-0.4, -0.2) is 24.3 Å². The molecule has 4 nitrogen and oxygen atoms in total. The summed E-state index contributed by atoms with van der Waals surface area (Å²) in [4.78, 5) is 11.2. The standard InChI is InChI=1S/C10H13ClN2O2/c1-7-6-8(11)2-3-9(7)13-10(15)12-4-5-14/h2-3,6,14H,4-5H2,1H3,(H2,12,13,15). The van der Waals surface area contributed by atoms with Crippen LogP contribution in [0.4, 0.5) is 10.5 Å². The minimum absolute atomic E-state index is 0.0764. The Bertz CT molecular complexity index is 355. The number of urea groups is 1. The number of benzene rings is 1. The number of aryl methyl sites for hydroxylation is 1. The van der Waals surface area contributed by atoms with Gasteiger partial charge in [0.05, 0.1) is 6.61 Å². The van der Waals surface area contributed by atoms with Crippen LogP contribution in [0.3, 0.4) is 0 Å². The molecule has 0 saturated carbocycles. The molecule has 0 aromatic heterocycles. The first-order valence-corrected chi connectivity index (χ1v) is 4.93. The zero-order chi connectivity index (χ0) is 11.3. The summed E-state index contributed by atoms with van der Waals surface area (Å²) in [7, 11) is 0. The van der Waals surface area contributed by atoms with Gasteiger partial charge in [-0.3, -0.25) is 0 Å². The minimum atomic E-state index is -0.338. The van der Waals surface area contributed by atoms with Crippen molar-refractivity contribution in [1.82, 2.24) is 5.32 Å². The fraction of sp³-hybridized carbons (Fsp3) is 0.300. The predicted octanol–water partition coefficient (Wildman–Crippen LogP) is 1.76. The van der Waals surface area contributed by atoms with Gasteiger partial charge < -0.3 is 15.7 Å². The third-order valence-corrected chi connectivity index (χ3v) is 2.07. The number of rotatable bonds is 3. The molecular formula is C10H13ClN2O2. The molecule has 0 radical (unpaired) electrons. The minimum Gasteiger partial charge on any atom is -0.395 e. The molecule has 1 aromatic carbocycles. The molecule has 2 amide bonds. The van der Waals surface area contributed by atoms with Crippen molar-refractivity contribution in [2.45, 2.75) is 6.92 Å². The molecular weight excluding hydrogens is 216 g/mol. The van der Waals surface area contributed by atoms with Crippen molar-refractivity contribution in [3.63, 3.8) is 0 Å². The number of nitrogens with one attached hydrogen (secondary N) is 2. The first kappa shape index (κ1) is 11.8. The molecule has 0 aliphatic heterocycles. The van der Waals surface area contributed by atoms with E-state index in [1.54, 1.807) is 18.2 Å². The first-order chi connectivity index (χ1) is 7.13. The number of carbonyl (C=O) groups is 1. The summed E-state index contributed by atoms with van der Waals surface area (Å²) in [6, 6.07) is 4.87. The predicted molar refractivity (Wildman–Crippen MR) is 60.3 cm³/mol. The van der Waals surface area contributed by atoms with Gasteiger partial charge in [0.15, 0.2) is 0 Å². The molecule has 15 heavy (non-hydrogen) atoms. The van der Waals surface area contributed by atoms with E-state index in [1.165, 1.54) is 0 Å². The van der Waals surface area contributed by atoms with Gasteiger partial charge in [-0.1, -0.05) is 11.6 Å². The number of aliphatic hydroxyl groups excluding tert-OH is 1. The van der Waals surface area contributed by atoms with Crippen LogP contribution >= 0.6 is 11.6 Å². The molecule has 0 aliphatic rings. The van der Waals surface area contributed by atoms with Gasteiger partial charge in [0, 0.05) is 17.3 Å². The van der Waals surface area contributed by atoms with E-state index in [1.807, 2.05) is 6.92 Å². The molecule has 82 valence electrons. The number of hydrogen-bond acceptors (Lipinski definition) is 2. The number of hydrogen-bond donors (Lipinski definition) is 3. The van der Waals surface area contributed by atoms with Crippen LogP contribution in [0.1, 0.15) is 5.56 Å². The number of aliphatic hydroxyl groups is 1. The Labute approximate surface area is 93.2 Å². The van der Waals surface area contributed by atoms with E-state index in [-0.39, 0.29) is 19.2 Å². The average Bonchev–Trinajstić information content (AvgIpc) is 2.19. The summed E-state index contributed by atoms with van der Waals surface area (Å²) < 4.78 is 0. The molecule has 0 saturated heterocycles. The molecule has 1 rings (SSSR count). The monoisotopic (exact) mass is 228 g/mol. The van der Waals surface area contributed by atoms with Gasteiger partial charge in [-0.15, -0.1) is 0 Å². The Hall–Kier alpha value is -1.26. The van der Waals surface area contributed by atoms with E-state index in [2.05, 4.69) is 10.6 Å². The van der Waals surface area contributed by atoms with Crippen LogP contribution in [-0.2, 0) is 0 Å². The van der Waals surface area contributed by atoms with Gasteiger partial charge >= 0.3 is 6.03 Å². The van der Waals surface area contributed by atoms with Gasteiger partial charge in [0.2, 0.25) is 0 Å². The van der Waals surface area contributed by atoms with Gasteiger partial charge in [0.25, 0.3) is 0 Å². The zero-order valence-electron chi connectivity index (χ0n) is 8.38. The second-order valence-electron chi connectivity index (χ2n) is 3.06. The fourth-order valence-corrected chi connectivity index (χ4v) is 1.33. The Morgan fingerprint density at radius 3 is 2.87 bits per heavy atom. The van der Waals surface area contributed by atoms with E-state index in [4.69, 9.17) is 16.7 Å². The van der Waals surface area contributed by atoms with Crippen LogP contribution in [0.15, 0.2) is 18.2 Å². The number of amides is 2. The van der Waals surface area contributed by atoms with Gasteiger partial charge in [-0.25, -0.2) is 4.79 Å². The fourth-order valence-electron chi connectivity index (χ4n) is 1.10. The first-order valence-electron chi connectivity index (χ1n) is 4.55. The van der Waals surface area contributed by atoms with Crippen LogP contribution in [0, 0.1) is 6.92 Å². The summed E-state index contributed by atoms with van der Waals surface area (Å²) in [5.41, 5.74) is 1.59. The Kier molecular flexibility index (Phi) is 4.39. The molecule has 0 bridgehead atoms. The Balaban J connectivity index is 2.60. The maximum absolute atomic E-state index is 11.2. The summed E-state index contributed by atoms with van der Waals surface area (Å²) in [6.07, 6.45) is 0. The van der Waals surface area contributed by atoms with E-state index in [0.29, 0.717) is 10.7 Å². The highest BCUT2D eigenvalue weighted by molar-refractivity contribution is 6.30. The lowest BCUT2D eigenvalue weighted by Gasteiger charge is -2.09. The molecule has 0 unspecified atom stereocenters. The molecule has 1 aromatic rings. The van der Waals surface area contributed by atoms with Crippen molar-refractivity contribution in [2.24, 2.45) is 0 Å². The van der Waals surface area contributed by atoms with Gasteiger partial charge in [-0.2, -0.15) is 0 Å². The Morgan fingerprint density at radius 2 is 2.27 bits per heavy atom. The smallest absolute Gasteiger partial charge is 0.319 e. The largest absolute Gasteiger partial charge is 0.395 e. The van der Waals surface area contributed by atoms with Crippen LogP contribution < -0.4 is 10.6 Å². The summed E-state index contributed by atoms with van der Waals surface area (Å²) in [5, 5.41) is 14.3. The maximum atomic E-state index is 11.2. The molecule has 0 aliphatic carbocycles. The molecule has 0 spiro atoms. The summed E-state index contributed by atoms with van der Waals surface area (Å²) in [6.45, 7) is 2.01. The van der Waals surface area contributed by atoms with Gasteiger partial charge in [0.1, 0.15) is 0 Å². The normalized spacial score (nSPS) is 9.80. The highest BCUT2D eigenvalue weighted by atomic mass is 35.5. The number of carbonyl (C=O) groups excluding carboxylic acids is 1. The van der Waals surface area contributed by atoms with Gasteiger partial charge in [-0.05, 0) is 30.7 Å². The lowest BCUT2D eigenvalue weighted by Crippen LogP contribution is -2.31.